The van der Waals surface area contributed by atoms with Gasteiger partial charge in [0, 0.05) is 29.4 Å². The fourth-order valence-electron chi connectivity index (χ4n) is 2.02. The van der Waals surface area contributed by atoms with E-state index in [0.717, 1.165) is 6.20 Å². The van der Waals surface area contributed by atoms with Gasteiger partial charge in [-0.2, -0.15) is 13.2 Å². The Morgan fingerprint density at radius 2 is 1.93 bits per heavy atom. The Morgan fingerprint density at radius 3 is 2.62 bits per heavy atom. The van der Waals surface area contributed by atoms with Gasteiger partial charge in [0.05, 0.1) is 17.2 Å². The van der Waals surface area contributed by atoms with E-state index in [9.17, 15) is 22.8 Å². The molecule has 6 nitrogen and oxygen atoms in total. The second-order valence-corrected chi connectivity index (χ2v) is 7.33. The van der Waals surface area contributed by atoms with Gasteiger partial charge >= 0.3 is 5.51 Å². The highest BCUT2D eigenvalue weighted by Gasteiger charge is 2.32. The zero-order valence-electron chi connectivity index (χ0n) is 14.6. The predicted molar refractivity (Wildman–Crippen MR) is 103 cm³/mol. The first kappa shape index (κ1) is 23.1. The number of aromatic nitrogens is 1. The molecular formula is C17H14Cl2F3N3O3S. The van der Waals surface area contributed by atoms with Gasteiger partial charge in [0.25, 0.3) is 5.91 Å². The number of benzene rings is 1. The number of hydrazine groups is 1. The van der Waals surface area contributed by atoms with Crippen molar-refractivity contribution >= 4 is 46.8 Å². The summed E-state index contributed by atoms with van der Waals surface area (Å²) in [6.07, 6.45) is 1.45. The molecule has 0 aliphatic carbocycles. The second-order valence-electron chi connectivity index (χ2n) is 5.43. The van der Waals surface area contributed by atoms with Gasteiger partial charge in [0.15, 0.2) is 0 Å². The predicted octanol–water partition coefficient (Wildman–Crippen LogP) is 4.62. The Balaban J connectivity index is 1.77. The summed E-state index contributed by atoms with van der Waals surface area (Å²) >= 11 is 11.2. The van der Waals surface area contributed by atoms with E-state index < -0.39 is 34.1 Å². The van der Waals surface area contributed by atoms with Crippen LogP contribution in [-0.4, -0.2) is 28.9 Å². The molecule has 0 unspecified atom stereocenters. The molecule has 29 heavy (non-hydrogen) atoms. The average Bonchev–Trinajstić information content (AvgIpc) is 2.64. The van der Waals surface area contributed by atoms with E-state index in [4.69, 9.17) is 27.9 Å². The van der Waals surface area contributed by atoms with E-state index in [0.29, 0.717) is 22.2 Å². The number of rotatable bonds is 7. The summed E-state index contributed by atoms with van der Waals surface area (Å²) in [6, 6.07) is 7.21. The summed E-state index contributed by atoms with van der Waals surface area (Å²) in [6.45, 7) is 0.178. The minimum Gasteiger partial charge on any atom is -0.492 e. The minimum atomic E-state index is -4.60. The lowest BCUT2D eigenvalue weighted by atomic mass is 10.3. The number of thioether (sulfide) groups is 1. The number of hydrogen-bond acceptors (Lipinski definition) is 5. The first-order valence-corrected chi connectivity index (χ1v) is 9.61. The summed E-state index contributed by atoms with van der Waals surface area (Å²) < 4.78 is 43.0. The van der Waals surface area contributed by atoms with Gasteiger partial charge in [0.2, 0.25) is 5.91 Å². The molecule has 0 fully saturated rings. The molecule has 1 aromatic carbocycles. The SMILES string of the molecule is O=C(CCCOc1ccc(Cl)cc1Cl)NNC(=O)c1cccnc1SC(F)(F)F. The third-order valence-electron chi connectivity index (χ3n) is 3.24. The van der Waals surface area contributed by atoms with Crippen molar-refractivity contribution in [1.29, 1.82) is 0 Å². The van der Waals surface area contributed by atoms with E-state index in [1.807, 2.05) is 0 Å². The van der Waals surface area contributed by atoms with Crippen LogP contribution < -0.4 is 15.6 Å². The Labute approximate surface area is 178 Å². The maximum absolute atomic E-state index is 12.5. The fourth-order valence-corrected chi connectivity index (χ4v) is 3.08. The smallest absolute Gasteiger partial charge is 0.447 e. The van der Waals surface area contributed by atoms with E-state index in [1.54, 1.807) is 12.1 Å². The number of pyridine rings is 1. The lowest BCUT2D eigenvalue weighted by Gasteiger charge is -2.11. The van der Waals surface area contributed by atoms with Gasteiger partial charge in [0.1, 0.15) is 10.8 Å². The summed E-state index contributed by atoms with van der Waals surface area (Å²) in [4.78, 5) is 27.4. The fraction of sp³-hybridized carbons (Fsp3) is 0.235. The normalized spacial score (nSPS) is 11.1. The van der Waals surface area contributed by atoms with Crippen LogP contribution in [0.15, 0.2) is 41.6 Å². The van der Waals surface area contributed by atoms with Gasteiger partial charge in [-0.1, -0.05) is 23.2 Å². The van der Waals surface area contributed by atoms with Crippen LogP contribution in [0.5, 0.6) is 5.75 Å². The first-order valence-electron chi connectivity index (χ1n) is 8.03. The summed E-state index contributed by atoms with van der Waals surface area (Å²) in [5.41, 5.74) is -0.711. The number of carbonyl (C=O) groups excluding carboxylic acids is 2. The van der Waals surface area contributed by atoms with Crippen LogP contribution in [-0.2, 0) is 4.79 Å². The molecule has 0 aliphatic rings. The number of nitrogens with one attached hydrogen (secondary N) is 2. The number of carbonyl (C=O) groups is 2. The van der Waals surface area contributed by atoms with Crippen molar-refractivity contribution in [3.8, 4) is 5.75 Å². The van der Waals surface area contributed by atoms with Crippen LogP contribution in [0.1, 0.15) is 23.2 Å². The van der Waals surface area contributed by atoms with Crippen LogP contribution in [0.2, 0.25) is 10.0 Å². The standard InChI is InChI=1S/C17H14Cl2F3N3O3S/c18-10-5-6-13(12(19)9-10)28-8-2-4-14(26)24-25-15(27)11-3-1-7-23-16(11)29-17(20,21)22/h1,3,5-7,9H,2,4,8H2,(H,24,26)(H,25,27). The molecule has 2 N–H and O–H groups in total. The van der Waals surface area contributed by atoms with Crippen molar-refractivity contribution in [1.82, 2.24) is 15.8 Å². The zero-order valence-corrected chi connectivity index (χ0v) is 16.9. The third kappa shape index (κ3) is 8.00. The van der Waals surface area contributed by atoms with Gasteiger partial charge in [-0.15, -0.1) is 0 Å². The number of amides is 2. The van der Waals surface area contributed by atoms with Crippen LogP contribution in [0.25, 0.3) is 0 Å². The molecule has 1 aromatic heterocycles. The van der Waals surface area contributed by atoms with Gasteiger partial charge in [-0.05, 0) is 36.8 Å². The van der Waals surface area contributed by atoms with Gasteiger partial charge in [-0.3, -0.25) is 20.4 Å². The highest BCUT2D eigenvalue weighted by Crippen LogP contribution is 2.37. The maximum atomic E-state index is 12.5. The topological polar surface area (TPSA) is 80.3 Å². The van der Waals surface area contributed by atoms with Crippen molar-refractivity contribution < 1.29 is 27.5 Å². The molecule has 12 heteroatoms. The average molecular weight is 468 g/mol. The van der Waals surface area contributed by atoms with E-state index in [2.05, 4.69) is 15.8 Å². The first-order chi connectivity index (χ1) is 13.7. The third-order valence-corrected chi connectivity index (χ3v) is 4.52. The number of nitrogens with zero attached hydrogens (tertiary/aromatic N) is 1. The highest BCUT2D eigenvalue weighted by atomic mass is 35.5. The monoisotopic (exact) mass is 467 g/mol. The Hall–Kier alpha value is -2.17. The van der Waals surface area contributed by atoms with E-state index >= 15 is 0 Å². The lowest BCUT2D eigenvalue weighted by molar-refractivity contribution is -0.122. The molecule has 0 spiro atoms. The molecule has 2 aromatic rings. The molecule has 2 amide bonds. The molecule has 2 rings (SSSR count). The van der Waals surface area contributed by atoms with Crippen molar-refractivity contribution in [2.45, 2.75) is 23.4 Å². The maximum Gasteiger partial charge on any atom is 0.447 e. The molecule has 0 atom stereocenters. The highest BCUT2D eigenvalue weighted by molar-refractivity contribution is 8.00. The number of alkyl halides is 3. The van der Waals surface area contributed by atoms with Crippen LogP contribution in [0.4, 0.5) is 13.2 Å². The number of ether oxygens (including phenoxy) is 1. The Kier molecular flexibility index (Phi) is 8.42. The van der Waals surface area contributed by atoms with Crippen molar-refractivity contribution in [2.24, 2.45) is 0 Å². The van der Waals surface area contributed by atoms with Crippen molar-refractivity contribution in [2.75, 3.05) is 6.61 Å². The minimum absolute atomic E-state index is 0.00267. The number of hydrogen-bond donors (Lipinski definition) is 2. The molecule has 0 bridgehead atoms. The largest absolute Gasteiger partial charge is 0.492 e. The molecule has 1 heterocycles. The number of halogens is 5. The molecule has 0 radical (unpaired) electrons. The zero-order chi connectivity index (χ0) is 21.4. The molecule has 0 aliphatic heterocycles. The van der Waals surface area contributed by atoms with Gasteiger partial charge in [-0.25, -0.2) is 4.98 Å². The van der Waals surface area contributed by atoms with Crippen LogP contribution in [0, 0.1) is 0 Å². The molecule has 156 valence electrons. The lowest BCUT2D eigenvalue weighted by Crippen LogP contribution is -2.41. The van der Waals surface area contributed by atoms with E-state index in [-0.39, 0.29) is 18.6 Å². The second kappa shape index (κ2) is 10.6. The summed E-state index contributed by atoms with van der Waals surface area (Å²) in [5.74, 6) is -1.04. The quantitative estimate of drug-likeness (QED) is 0.352. The Morgan fingerprint density at radius 1 is 1.17 bits per heavy atom. The molecule has 0 saturated heterocycles. The van der Waals surface area contributed by atoms with Crippen LogP contribution in [0.3, 0.4) is 0 Å². The summed E-state index contributed by atoms with van der Waals surface area (Å²) in [5, 5.41) is 0.279. The van der Waals surface area contributed by atoms with Crippen molar-refractivity contribution in [3.05, 3.63) is 52.1 Å². The molecule has 0 saturated carbocycles. The van der Waals surface area contributed by atoms with Crippen molar-refractivity contribution in [3.63, 3.8) is 0 Å². The van der Waals surface area contributed by atoms with E-state index in [1.165, 1.54) is 18.2 Å². The van der Waals surface area contributed by atoms with Gasteiger partial charge < -0.3 is 4.74 Å². The molecular weight excluding hydrogens is 454 g/mol. The summed E-state index contributed by atoms with van der Waals surface area (Å²) in [7, 11) is 0. The van der Waals surface area contributed by atoms with Crippen LogP contribution >= 0.6 is 35.0 Å². The Bertz CT molecular complexity index is 884.